The van der Waals surface area contributed by atoms with Crippen molar-refractivity contribution in [3.8, 4) is 17.2 Å². The van der Waals surface area contributed by atoms with E-state index >= 15 is 0 Å². The minimum atomic E-state index is -4.94. The predicted octanol–water partition coefficient (Wildman–Crippen LogP) is 4.24. The van der Waals surface area contributed by atoms with E-state index in [1.807, 2.05) is 5.32 Å². The molecule has 2 rings (SSSR count). The maximum atomic E-state index is 12.4. The lowest BCUT2D eigenvalue weighted by atomic mass is 10.00. The van der Waals surface area contributed by atoms with Gasteiger partial charge in [-0.05, 0) is 48.2 Å². The molecule has 0 bridgehead atoms. The Hall–Kier alpha value is -3.69. The Morgan fingerprint density at radius 1 is 0.970 bits per heavy atom. The molecule has 178 valence electrons. The van der Waals surface area contributed by atoms with Gasteiger partial charge in [-0.15, -0.1) is 0 Å². The van der Waals surface area contributed by atoms with Crippen LogP contribution < -0.4 is 19.5 Å². The highest BCUT2D eigenvalue weighted by molar-refractivity contribution is 5.81. The molecule has 0 heterocycles. The minimum Gasteiger partial charge on any atom is -0.493 e. The third-order valence-electron chi connectivity index (χ3n) is 4.39. The Morgan fingerprint density at radius 2 is 1.61 bits per heavy atom. The summed E-state index contributed by atoms with van der Waals surface area (Å²) < 4.78 is 57.7. The number of carbonyl (C=O) groups is 2. The standard InChI is InChI=1S/C23H24F3NO6/c1-30-19-14-16(8-6-7-13-32-22(29)33-18-9-4-3-5-10-18)17(15-20(19)31-2)11-12-27-21(28)23(24,25)26/h3-7,9-10,14-15H,8,11-13H2,1-2H3,(H,27,28)/b7-6-. The van der Waals surface area contributed by atoms with E-state index in [0.717, 1.165) is 5.56 Å². The van der Waals surface area contributed by atoms with Gasteiger partial charge in [0.15, 0.2) is 11.5 Å². The molecule has 0 atom stereocenters. The van der Waals surface area contributed by atoms with E-state index < -0.39 is 18.2 Å². The zero-order valence-electron chi connectivity index (χ0n) is 18.1. The third-order valence-corrected chi connectivity index (χ3v) is 4.39. The van der Waals surface area contributed by atoms with Crippen molar-refractivity contribution in [2.75, 3.05) is 27.4 Å². The first kappa shape index (κ1) is 25.6. The molecule has 0 fully saturated rings. The van der Waals surface area contributed by atoms with Crippen molar-refractivity contribution in [1.29, 1.82) is 0 Å². The Kier molecular flexibility index (Phi) is 9.59. The van der Waals surface area contributed by atoms with Crippen LogP contribution in [0.25, 0.3) is 0 Å². The Labute approximate surface area is 189 Å². The van der Waals surface area contributed by atoms with Crippen LogP contribution in [-0.2, 0) is 22.4 Å². The second-order valence-corrected chi connectivity index (χ2v) is 6.63. The number of ether oxygens (including phenoxy) is 4. The van der Waals surface area contributed by atoms with Gasteiger partial charge in [0, 0.05) is 6.54 Å². The number of hydrogen-bond acceptors (Lipinski definition) is 6. The first-order valence-corrected chi connectivity index (χ1v) is 9.88. The van der Waals surface area contributed by atoms with Crippen molar-refractivity contribution in [1.82, 2.24) is 5.32 Å². The lowest BCUT2D eigenvalue weighted by Crippen LogP contribution is -2.37. The van der Waals surface area contributed by atoms with Gasteiger partial charge in [0.25, 0.3) is 0 Å². The maximum absolute atomic E-state index is 12.4. The first-order valence-electron chi connectivity index (χ1n) is 9.88. The average Bonchev–Trinajstić information content (AvgIpc) is 2.79. The lowest BCUT2D eigenvalue weighted by Gasteiger charge is -2.15. The molecule has 2 aromatic rings. The number of carbonyl (C=O) groups excluding carboxylic acids is 2. The molecule has 0 radical (unpaired) electrons. The summed E-state index contributed by atoms with van der Waals surface area (Å²) in [7, 11) is 2.91. The van der Waals surface area contributed by atoms with E-state index in [2.05, 4.69) is 0 Å². The summed E-state index contributed by atoms with van der Waals surface area (Å²) in [5, 5.41) is 1.85. The number of para-hydroxylation sites is 1. The number of amides is 1. The molecule has 0 saturated heterocycles. The van der Waals surface area contributed by atoms with Crippen LogP contribution in [0.2, 0.25) is 0 Å². The van der Waals surface area contributed by atoms with Gasteiger partial charge in [-0.2, -0.15) is 13.2 Å². The Bertz CT molecular complexity index is 961. The van der Waals surface area contributed by atoms with Crippen molar-refractivity contribution in [2.24, 2.45) is 0 Å². The molecule has 7 nitrogen and oxygen atoms in total. The number of rotatable bonds is 10. The molecule has 1 amide bonds. The van der Waals surface area contributed by atoms with Crippen molar-refractivity contribution in [2.45, 2.75) is 19.0 Å². The number of hydrogen-bond donors (Lipinski definition) is 1. The van der Waals surface area contributed by atoms with E-state index in [9.17, 15) is 22.8 Å². The summed E-state index contributed by atoms with van der Waals surface area (Å²) in [6.07, 6.45) is -1.93. The van der Waals surface area contributed by atoms with E-state index in [-0.39, 0.29) is 19.6 Å². The van der Waals surface area contributed by atoms with Crippen LogP contribution in [0.15, 0.2) is 54.6 Å². The van der Waals surface area contributed by atoms with Crippen LogP contribution in [0.5, 0.6) is 17.2 Å². The van der Waals surface area contributed by atoms with Gasteiger partial charge in [0.05, 0.1) is 14.2 Å². The summed E-state index contributed by atoms with van der Waals surface area (Å²) in [6.45, 7) is -0.241. The Morgan fingerprint density at radius 3 is 2.21 bits per heavy atom. The average molecular weight is 467 g/mol. The second kappa shape index (κ2) is 12.4. The fraction of sp³-hybridized carbons (Fsp3) is 0.304. The molecule has 10 heteroatoms. The third kappa shape index (κ3) is 8.40. The highest BCUT2D eigenvalue weighted by atomic mass is 19.4. The number of benzene rings is 2. The molecule has 33 heavy (non-hydrogen) atoms. The molecule has 0 spiro atoms. The maximum Gasteiger partial charge on any atom is 0.514 e. The van der Waals surface area contributed by atoms with Crippen LogP contribution in [0.1, 0.15) is 11.1 Å². The van der Waals surface area contributed by atoms with Gasteiger partial charge in [0.1, 0.15) is 12.4 Å². The minimum absolute atomic E-state index is 0.0318. The van der Waals surface area contributed by atoms with Gasteiger partial charge >= 0.3 is 18.2 Å². The summed E-state index contributed by atoms with van der Waals surface area (Å²) in [5.74, 6) is -0.774. The number of nitrogens with one attached hydrogen (secondary N) is 1. The van der Waals surface area contributed by atoms with E-state index in [1.54, 1.807) is 54.6 Å². The molecular weight excluding hydrogens is 443 g/mol. The zero-order valence-corrected chi connectivity index (χ0v) is 18.1. The van der Waals surface area contributed by atoms with E-state index in [0.29, 0.717) is 29.2 Å². The summed E-state index contributed by atoms with van der Waals surface area (Å²) in [6, 6.07) is 11.8. The fourth-order valence-electron chi connectivity index (χ4n) is 2.81. The topological polar surface area (TPSA) is 83.1 Å². The lowest BCUT2D eigenvalue weighted by molar-refractivity contribution is -0.173. The van der Waals surface area contributed by atoms with Crippen molar-refractivity contribution >= 4 is 12.1 Å². The monoisotopic (exact) mass is 467 g/mol. The summed E-state index contributed by atoms with van der Waals surface area (Å²) >= 11 is 0. The molecule has 0 aromatic heterocycles. The molecule has 2 aromatic carbocycles. The first-order chi connectivity index (χ1) is 15.7. The summed E-state index contributed by atoms with van der Waals surface area (Å²) in [5.41, 5.74) is 1.42. The molecule has 0 aliphatic rings. The van der Waals surface area contributed by atoms with Crippen LogP contribution >= 0.6 is 0 Å². The molecule has 0 unspecified atom stereocenters. The van der Waals surface area contributed by atoms with E-state index in [4.69, 9.17) is 18.9 Å². The smallest absolute Gasteiger partial charge is 0.493 e. The highest BCUT2D eigenvalue weighted by Crippen LogP contribution is 2.31. The van der Waals surface area contributed by atoms with Gasteiger partial charge in [-0.25, -0.2) is 4.79 Å². The highest BCUT2D eigenvalue weighted by Gasteiger charge is 2.38. The van der Waals surface area contributed by atoms with Crippen LogP contribution in [0.4, 0.5) is 18.0 Å². The fourth-order valence-corrected chi connectivity index (χ4v) is 2.81. The van der Waals surface area contributed by atoms with Gasteiger partial charge < -0.3 is 24.3 Å². The SMILES string of the molecule is COc1cc(C/C=C\COC(=O)Oc2ccccc2)c(CCNC(=O)C(F)(F)F)cc1OC. The second-order valence-electron chi connectivity index (χ2n) is 6.63. The van der Waals surface area contributed by atoms with Crippen LogP contribution in [0, 0.1) is 0 Å². The number of alkyl halides is 3. The van der Waals surface area contributed by atoms with E-state index in [1.165, 1.54) is 14.2 Å². The van der Waals surface area contributed by atoms with Gasteiger partial charge in [-0.1, -0.05) is 30.4 Å². The largest absolute Gasteiger partial charge is 0.514 e. The quantitative estimate of drug-likeness (QED) is 0.320. The molecule has 0 saturated carbocycles. The molecule has 1 N–H and O–H groups in total. The number of allylic oxidation sites excluding steroid dienone is 1. The normalized spacial score (nSPS) is 11.2. The van der Waals surface area contributed by atoms with Crippen molar-refractivity contribution in [3.63, 3.8) is 0 Å². The summed E-state index contributed by atoms with van der Waals surface area (Å²) in [4.78, 5) is 22.7. The predicted molar refractivity (Wildman–Crippen MR) is 114 cm³/mol. The molecule has 0 aliphatic carbocycles. The van der Waals surface area contributed by atoms with Gasteiger partial charge in [-0.3, -0.25) is 4.79 Å². The van der Waals surface area contributed by atoms with Crippen molar-refractivity contribution in [3.05, 3.63) is 65.7 Å². The number of methoxy groups -OCH3 is 2. The van der Waals surface area contributed by atoms with Crippen LogP contribution in [0.3, 0.4) is 0 Å². The van der Waals surface area contributed by atoms with Gasteiger partial charge in [0.2, 0.25) is 0 Å². The number of halogens is 3. The molecular formula is C23H24F3NO6. The molecule has 0 aliphatic heterocycles. The van der Waals surface area contributed by atoms with Crippen molar-refractivity contribution < 1.29 is 41.7 Å². The van der Waals surface area contributed by atoms with Crippen LogP contribution in [-0.4, -0.2) is 45.6 Å². The Balaban J connectivity index is 1.97. The zero-order chi connectivity index (χ0) is 24.3.